The standard InChI is InChI=1S/C15H12FN3O/c1-20-12-5-6-18-8-11(12)10-3-2-9-4-7-19-15(17)13(9)14(10)16/h2-8H,1H3,(H2,17,19). The van der Waals surface area contributed by atoms with Gasteiger partial charge in [0, 0.05) is 29.7 Å². The Balaban J connectivity index is 2.33. The van der Waals surface area contributed by atoms with E-state index in [1.54, 1.807) is 42.9 Å². The highest BCUT2D eigenvalue weighted by molar-refractivity contribution is 5.95. The largest absolute Gasteiger partial charge is 0.496 e. The lowest BCUT2D eigenvalue weighted by Crippen LogP contribution is -1.96. The summed E-state index contributed by atoms with van der Waals surface area (Å²) in [5, 5.41) is 1.03. The Bertz CT molecular complexity index is 789. The number of halogens is 1. The predicted molar refractivity (Wildman–Crippen MR) is 75.9 cm³/mol. The molecule has 2 N–H and O–H groups in total. The second-order valence-electron chi connectivity index (χ2n) is 4.30. The lowest BCUT2D eigenvalue weighted by molar-refractivity contribution is 0.415. The number of anilines is 1. The van der Waals surface area contributed by atoms with Crippen LogP contribution in [0.25, 0.3) is 21.9 Å². The number of pyridine rings is 2. The van der Waals surface area contributed by atoms with Crippen LogP contribution in [0.2, 0.25) is 0 Å². The number of ether oxygens (including phenoxy) is 1. The SMILES string of the molecule is COc1ccncc1-c1ccc2ccnc(N)c2c1F. The van der Waals surface area contributed by atoms with Crippen molar-refractivity contribution >= 4 is 16.6 Å². The lowest BCUT2D eigenvalue weighted by atomic mass is 10.0. The van der Waals surface area contributed by atoms with Gasteiger partial charge in [0.2, 0.25) is 0 Å². The molecule has 0 fully saturated rings. The van der Waals surface area contributed by atoms with Crippen LogP contribution in [0.5, 0.6) is 5.75 Å². The summed E-state index contributed by atoms with van der Waals surface area (Å²) in [7, 11) is 1.54. The molecule has 20 heavy (non-hydrogen) atoms. The highest BCUT2D eigenvalue weighted by Crippen LogP contribution is 2.35. The Morgan fingerprint density at radius 2 is 1.95 bits per heavy atom. The average Bonchev–Trinajstić information content (AvgIpc) is 2.48. The summed E-state index contributed by atoms with van der Waals surface area (Å²) in [6.45, 7) is 0. The van der Waals surface area contributed by atoms with E-state index in [4.69, 9.17) is 10.5 Å². The highest BCUT2D eigenvalue weighted by atomic mass is 19.1. The molecule has 0 unspecified atom stereocenters. The zero-order valence-electron chi connectivity index (χ0n) is 10.8. The Labute approximate surface area is 115 Å². The van der Waals surface area contributed by atoms with Crippen molar-refractivity contribution in [1.29, 1.82) is 0 Å². The van der Waals surface area contributed by atoms with Crippen LogP contribution in [0.1, 0.15) is 0 Å². The van der Waals surface area contributed by atoms with E-state index in [-0.39, 0.29) is 5.82 Å². The number of rotatable bonds is 2. The summed E-state index contributed by atoms with van der Waals surface area (Å²) in [4.78, 5) is 7.96. The number of fused-ring (bicyclic) bond motifs is 1. The van der Waals surface area contributed by atoms with Crippen molar-refractivity contribution in [3.8, 4) is 16.9 Å². The van der Waals surface area contributed by atoms with E-state index < -0.39 is 5.82 Å². The van der Waals surface area contributed by atoms with Gasteiger partial charge in [-0.05, 0) is 17.5 Å². The molecule has 100 valence electrons. The molecule has 3 aromatic rings. The molecule has 1 aromatic carbocycles. The Kier molecular flexibility index (Phi) is 2.95. The molecule has 0 aliphatic heterocycles. The quantitative estimate of drug-likeness (QED) is 0.776. The molecular formula is C15H12FN3O. The number of hydrogen-bond acceptors (Lipinski definition) is 4. The number of nitrogens with zero attached hydrogens (tertiary/aromatic N) is 2. The molecule has 0 atom stereocenters. The molecule has 0 aliphatic carbocycles. The summed E-state index contributed by atoms with van der Waals surface area (Å²) in [5.41, 5.74) is 6.75. The molecule has 2 heterocycles. The fourth-order valence-electron chi connectivity index (χ4n) is 2.22. The van der Waals surface area contributed by atoms with Crippen LogP contribution in [0.3, 0.4) is 0 Å². The topological polar surface area (TPSA) is 61.0 Å². The first-order valence-corrected chi connectivity index (χ1v) is 6.03. The molecule has 0 saturated carbocycles. The van der Waals surface area contributed by atoms with Gasteiger partial charge in [-0.1, -0.05) is 12.1 Å². The molecule has 0 radical (unpaired) electrons. The third-order valence-corrected chi connectivity index (χ3v) is 3.19. The van der Waals surface area contributed by atoms with Crippen LogP contribution < -0.4 is 10.5 Å². The number of benzene rings is 1. The van der Waals surface area contributed by atoms with Crippen molar-refractivity contribution in [3.05, 3.63) is 48.7 Å². The summed E-state index contributed by atoms with van der Waals surface area (Å²) in [5.74, 6) is 0.310. The van der Waals surface area contributed by atoms with Crippen LogP contribution in [0, 0.1) is 5.82 Å². The molecule has 0 saturated heterocycles. The van der Waals surface area contributed by atoms with Gasteiger partial charge in [-0.2, -0.15) is 0 Å². The van der Waals surface area contributed by atoms with E-state index in [9.17, 15) is 4.39 Å². The van der Waals surface area contributed by atoms with Gasteiger partial charge in [-0.25, -0.2) is 9.37 Å². The molecule has 5 heteroatoms. The van der Waals surface area contributed by atoms with Crippen molar-refractivity contribution in [2.24, 2.45) is 0 Å². The zero-order valence-corrected chi connectivity index (χ0v) is 10.8. The van der Waals surface area contributed by atoms with Crippen LogP contribution in [-0.2, 0) is 0 Å². The number of aromatic nitrogens is 2. The minimum atomic E-state index is -0.417. The van der Waals surface area contributed by atoms with Crippen molar-refractivity contribution in [3.63, 3.8) is 0 Å². The van der Waals surface area contributed by atoms with Gasteiger partial charge >= 0.3 is 0 Å². The summed E-state index contributed by atoms with van der Waals surface area (Å²) >= 11 is 0. The molecule has 0 aliphatic rings. The summed E-state index contributed by atoms with van der Waals surface area (Å²) in [6.07, 6.45) is 4.72. The Hall–Kier alpha value is -2.69. The van der Waals surface area contributed by atoms with Gasteiger partial charge in [-0.3, -0.25) is 4.98 Å². The van der Waals surface area contributed by atoms with E-state index in [1.165, 1.54) is 7.11 Å². The first-order chi connectivity index (χ1) is 9.72. The number of nitrogen functional groups attached to an aromatic ring is 1. The third-order valence-electron chi connectivity index (χ3n) is 3.19. The Morgan fingerprint density at radius 3 is 2.75 bits per heavy atom. The van der Waals surface area contributed by atoms with Crippen LogP contribution in [-0.4, -0.2) is 17.1 Å². The molecule has 0 spiro atoms. The zero-order chi connectivity index (χ0) is 14.1. The fraction of sp³-hybridized carbons (Fsp3) is 0.0667. The average molecular weight is 269 g/mol. The molecule has 2 aromatic heterocycles. The molecular weight excluding hydrogens is 257 g/mol. The van der Waals surface area contributed by atoms with E-state index in [2.05, 4.69) is 9.97 Å². The van der Waals surface area contributed by atoms with Gasteiger partial charge in [0.15, 0.2) is 0 Å². The second-order valence-corrected chi connectivity index (χ2v) is 4.30. The fourth-order valence-corrected chi connectivity index (χ4v) is 2.22. The van der Waals surface area contributed by atoms with Crippen molar-refractivity contribution in [2.75, 3.05) is 12.8 Å². The highest BCUT2D eigenvalue weighted by Gasteiger charge is 2.15. The van der Waals surface area contributed by atoms with Gasteiger partial charge in [0.1, 0.15) is 17.4 Å². The van der Waals surface area contributed by atoms with Crippen LogP contribution in [0.15, 0.2) is 42.9 Å². The predicted octanol–water partition coefficient (Wildman–Crippen LogP) is 3.03. The Morgan fingerprint density at radius 1 is 1.10 bits per heavy atom. The summed E-state index contributed by atoms with van der Waals surface area (Å²) in [6, 6.07) is 6.90. The normalized spacial score (nSPS) is 10.7. The third kappa shape index (κ3) is 1.84. The second kappa shape index (κ2) is 4.77. The van der Waals surface area contributed by atoms with Crippen LogP contribution >= 0.6 is 0 Å². The molecule has 0 amide bonds. The first kappa shape index (κ1) is 12.3. The first-order valence-electron chi connectivity index (χ1n) is 6.03. The summed E-state index contributed by atoms with van der Waals surface area (Å²) < 4.78 is 20.0. The minimum Gasteiger partial charge on any atom is -0.496 e. The van der Waals surface area contributed by atoms with E-state index >= 15 is 0 Å². The number of hydrogen-bond donors (Lipinski definition) is 1. The minimum absolute atomic E-state index is 0.171. The molecule has 4 nitrogen and oxygen atoms in total. The van der Waals surface area contributed by atoms with Gasteiger partial charge in [0.25, 0.3) is 0 Å². The molecule has 0 bridgehead atoms. The maximum Gasteiger partial charge on any atom is 0.142 e. The van der Waals surface area contributed by atoms with E-state index in [0.717, 1.165) is 0 Å². The lowest BCUT2D eigenvalue weighted by Gasteiger charge is -2.11. The number of methoxy groups -OCH3 is 1. The van der Waals surface area contributed by atoms with E-state index in [1.807, 2.05) is 0 Å². The maximum absolute atomic E-state index is 14.7. The van der Waals surface area contributed by atoms with Gasteiger partial charge in [-0.15, -0.1) is 0 Å². The van der Waals surface area contributed by atoms with Crippen molar-refractivity contribution < 1.29 is 9.13 Å². The van der Waals surface area contributed by atoms with Gasteiger partial charge in [0.05, 0.1) is 12.5 Å². The van der Waals surface area contributed by atoms with Crippen LogP contribution in [0.4, 0.5) is 10.2 Å². The van der Waals surface area contributed by atoms with E-state index in [0.29, 0.717) is 27.6 Å². The van der Waals surface area contributed by atoms with Crippen molar-refractivity contribution in [1.82, 2.24) is 9.97 Å². The monoisotopic (exact) mass is 269 g/mol. The smallest absolute Gasteiger partial charge is 0.142 e. The molecule has 3 rings (SSSR count). The van der Waals surface area contributed by atoms with Gasteiger partial charge < -0.3 is 10.5 Å². The number of nitrogens with two attached hydrogens (primary N) is 1. The van der Waals surface area contributed by atoms with Crippen molar-refractivity contribution in [2.45, 2.75) is 0 Å². The maximum atomic E-state index is 14.7.